The van der Waals surface area contributed by atoms with Gasteiger partial charge in [0.25, 0.3) is 5.91 Å². The molecule has 0 spiro atoms. The number of benzene rings is 1. The molecule has 0 heterocycles. The van der Waals surface area contributed by atoms with Gasteiger partial charge >= 0.3 is 11.9 Å². The highest BCUT2D eigenvalue weighted by atomic mass is 16.6. The lowest BCUT2D eigenvalue weighted by Crippen LogP contribution is -2.43. The molecule has 0 unspecified atom stereocenters. The average Bonchev–Trinajstić information content (AvgIpc) is 2.51. The number of hydrogen-bond donors (Lipinski definition) is 1. The number of methoxy groups -OCH3 is 1. The Morgan fingerprint density at radius 2 is 1.79 bits per heavy atom. The first-order valence-electron chi connectivity index (χ1n) is 7.27. The monoisotopic (exact) mass is 332 g/mol. The molecule has 1 atom stereocenters. The van der Waals surface area contributed by atoms with Crippen molar-refractivity contribution >= 4 is 17.8 Å². The van der Waals surface area contributed by atoms with Gasteiger partial charge in [-0.1, -0.05) is 0 Å². The van der Waals surface area contributed by atoms with Crippen LogP contribution in [0.1, 0.15) is 43.1 Å². The van der Waals surface area contributed by atoms with E-state index in [0.29, 0.717) is 5.56 Å². The van der Waals surface area contributed by atoms with Crippen molar-refractivity contribution in [3.8, 4) is 6.07 Å². The van der Waals surface area contributed by atoms with Crippen molar-refractivity contribution in [2.45, 2.75) is 38.8 Å². The van der Waals surface area contributed by atoms with Crippen molar-refractivity contribution in [1.82, 2.24) is 5.32 Å². The number of amides is 1. The van der Waals surface area contributed by atoms with E-state index in [1.54, 1.807) is 20.8 Å². The molecule has 0 aliphatic heterocycles. The molecule has 1 aromatic carbocycles. The highest BCUT2D eigenvalue weighted by Crippen LogP contribution is 2.11. The topological polar surface area (TPSA) is 105 Å². The van der Waals surface area contributed by atoms with Crippen molar-refractivity contribution in [1.29, 1.82) is 5.26 Å². The molecule has 0 saturated carbocycles. The number of carbonyl (C=O) groups excluding carboxylic acids is 3. The minimum Gasteiger partial charge on any atom is -0.467 e. The molecule has 1 rings (SSSR count). The van der Waals surface area contributed by atoms with E-state index in [9.17, 15) is 14.4 Å². The van der Waals surface area contributed by atoms with Gasteiger partial charge in [0.1, 0.15) is 11.6 Å². The van der Waals surface area contributed by atoms with Crippen molar-refractivity contribution < 1.29 is 23.9 Å². The second kappa shape index (κ2) is 8.11. The zero-order valence-corrected chi connectivity index (χ0v) is 14.1. The van der Waals surface area contributed by atoms with Gasteiger partial charge in [0.15, 0.2) is 0 Å². The molecule has 0 fully saturated rings. The molecule has 1 amide bonds. The van der Waals surface area contributed by atoms with Gasteiger partial charge in [-0.3, -0.25) is 9.59 Å². The fourth-order valence-electron chi connectivity index (χ4n) is 1.82. The molecule has 7 nitrogen and oxygen atoms in total. The first kappa shape index (κ1) is 19.2. The Bertz CT molecular complexity index is 653. The summed E-state index contributed by atoms with van der Waals surface area (Å²) in [6, 6.07) is 6.66. The van der Waals surface area contributed by atoms with Crippen LogP contribution in [0.25, 0.3) is 0 Å². The van der Waals surface area contributed by atoms with Crippen LogP contribution in [-0.4, -0.2) is 36.6 Å². The predicted octanol–water partition coefficient (Wildman–Crippen LogP) is 1.56. The Morgan fingerprint density at radius 3 is 2.25 bits per heavy atom. The number of hydrogen-bond acceptors (Lipinski definition) is 6. The summed E-state index contributed by atoms with van der Waals surface area (Å²) in [6.45, 7) is 5.11. The van der Waals surface area contributed by atoms with Gasteiger partial charge in [-0.05, 0) is 45.0 Å². The van der Waals surface area contributed by atoms with Crippen LogP contribution in [0.15, 0.2) is 24.3 Å². The third-order valence-corrected chi connectivity index (χ3v) is 2.86. The van der Waals surface area contributed by atoms with Crippen LogP contribution in [0.5, 0.6) is 0 Å². The number of nitrogens with one attached hydrogen (secondary N) is 1. The van der Waals surface area contributed by atoms with Crippen LogP contribution in [0.3, 0.4) is 0 Å². The Kier molecular flexibility index (Phi) is 6.48. The fraction of sp³-hybridized carbons (Fsp3) is 0.412. The highest BCUT2D eigenvalue weighted by molar-refractivity contribution is 5.97. The number of carbonyl (C=O) groups is 3. The highest BCUT2D eigenvalue weighted by Gasteiger charge is 2.28. The Morgan fingerprint density at radius 1 is 1.21 bits per heavy atom. The number of nitrogens with zero attached hydrogens (tertiary/aromatic N) is 1. The lowest BCUT2D eigenvalue weighted by Gasteiger charge is -2.22. The number of nitriles is 1. The summed E-state index contributed by atoms with van der Waals surface area (Å²) in [6.07, 6.45) is -0.341. The summed E-state index contributed by atoms with van der Waals surface area (Å²) in [5.41, 5.74) is -0.0357. The maximum atomic E-state index is 12.2. The van der Waals surface area contributed by atoms with E-state index in [-0.39, 0.29) is 12.0 Å². The third-order valence-electron chi connectivity index (χ3n) is 2.86. The standard InChI is InChI=1S/C17H20N2O5/c1-17(2,3)24-14(20)9-13(16(22)23-4)19-15(21)12-7-5-11(10-18)6-8-12/h5-8,13H,9H2,1-4H3,(H,19,21)/t13-/m1/s1. The van der Waals surface area contributed by atoms with Crippen molar-refractivity contribution in [3.05, 3.63) is 35.4 Å². The number of rotatable bonds is 5. The van der Waals surface area contributed by atoms with E-state index in [0.717, 1.165) is 7.11 Å². The van der Waals surface area contributed by atoms with Gasteiger partial charge in [0.2, 0.25) is 0 Å². The summed E-state index contributed by atoms with van der Waals surface area (Å²) >= 11 is 0. The molecule has 0 aliphatic carbocycles. The van der Waals surface area contributed by atoms with Crippen molar-refractivity contribution in [2.75, 3.05) is 7.11 Å². The van der Waals surface area contributed by atoms with E-state index in [4.69, 9.17) is 10.00 Å². The first-order valence-corrected chi connectivity index (χ1v) is 7.27. The minimum absolute atomic E-state index is 0.257. The summed E-state index contributed by atoms with van der Waals surface area (Å²) < 4.78 is 9.76. The number of esters is 2. The molecule has 0 bridgehead atoms. The molecular formula is C17H20N2O5. The maximum absolute atomic E-state index is 12.2. The van der Waals surface area contributed by atoms with Gasteiger partial charge in [-0.25, -0.2) is 4.79 Å². The van der Waals surface area contributed by atoms with E-state index in [1.165, 1.54) is 24.3 Å². The SMILES string of the molecule is COC(=O)[C@@H](CC(=O)OC(C)(C)C)NC(=O)c1ccc(C#N)cc1. The number of ether oxygens (including phenoxy) is 2. The molecule has 0 aromatic heterocycles. The van der Waals surface area contributed by atoms with Gasteiger partial charge in [-0.15, -0.1) is 0 Å². The third kappa shape index (κ3) is 6.08. The largest absolute Gasteiger partial charge is 0.467 e. The second-order valence-electron chi connectivity index (χ2n) is 6.03. The fourth-order valence-corrected chi connectivity index (χ4v) is 1.82. The average molecular weight is 332 g/mol. The van der Waals surface area contributed by atoms with Gasteiger partial charge < -0.3 is 14.8 Å². The molecule has 24 heavy (non-hydrogen) atoms. The van der Waals surface area contributed by atoms with Crippen LogP contribution in [0.4, 0.5) is 0 Å². The summed E-state index contributed by atoms with van der Waals surface area (Å²) in [5, 5.41) is 11.2. The van der Waals surface area contributed by atoms with Gasteiger partial charge in [-0.2, -0.15) is 5.26 Å². The summed E-state index contributed by atoms with van der Waals surface area (Å²) in [7, 11) is 1.16. The Hall–Kier alpha value is -2.88. The lowest BCUT2D eigenvalue weighted by molar-refractivity contribution is -0.158. The molecule has 0 radical (unpaired) electrons. The van der Waals surface area contributed by atoms with Gasteiger partial charge in [0, 0.05) is 5.56 Å². The van der Waals surface area contributed by atoms with Crippen LogP contribution in [0, 0.1) is 11.3 Å². The molecule has 7 heteroatoms. The molecule has 1 N–H and O–H groups in total. The van der Waals surface area contributed by atoms with E-state index < -0.39 is 29.5 Å². The van der Waals surface area contributed by atoms with Crippen LogP contribution in [-0.2, 0) is 19.1 Å². The smallest absolute Gasteiger partial charge is 0.328 e. The quantitative estimate of drug-likeness (QED) is 0.820. The summed E-state index contributed by atoms with van der Waals surface area (Å²) in [4.78, 5) is 35.9. The normalized spacial score (nSPS) is 11.8. The Balaban J connectivity index is 2.81. The minimum atomic E-state index is -1.16. The van der Waals surface area contributed by atoms with E-state index >= 15 is 0 Å². The molecule has 0 saturated heterocycles. The van der Waals surface area contributed by atoms with E-state index in [2.05, 4.69) is 10.1 Å². The first-order chi connectivity index (χ1) is 11.2. The van der Waals surface area contributed by atoms with Crippen LogP contribution in [0.2, 0.25) is 0 Å². The molecule has 128 valence electrons. The molecule has 0 aliphatic rings. The van der Waals surface area contributed by atoms with Gasteiger partial charge in [0.05, 0.1) is 25.2 Å². The lowest BCUT2D eigenvalue weighted by atomic mass is 10.1. The summed E-state index contributed by atoms with van der Waals surface area (Å²) in [5.74, 6) is -1.93. The van der Waals surface area contributed by atoms with Crippen molar-refractivity contribution in [3.63, 3.8) is 0 Å². The second-order valence-corrected chi connectivity index (χ2v) is 6.03. The molecule has 1 aromatic rings. The zero-order chi connectivity index (χ0) is 18.3. The van der Waals surface area contributed by atoms with E-state index in [1.807, 2.05) is 6.07 Å². The molecular weight excluding hydrogens is 312 g/mol. The van der Waals surface area contributed by atoms with Crippen LogP contribution < -0.4 is 5.32 Å². The van der Waals surface area contributed by atoms with Crippen molar-refractivity contribution in [2.24, 2.45) is 0 Å². The predicted molar refractivity (Wildman–Crippen MR) is 84.9 cm³/mol. The zero-order valence-electron chi connectivity index (χ0n) is 14.1. The maximum Gasteiger partial charge on any atom is 0.328 e. The Labute approximate surface area is 140 Å². The van der Waals surface area contributed by atoms with Crippen LogP contribution >= 0.6 is 0 Å².